The number of aromatic nitrogens is 5. The second kappa shape index (κ2) is 16.5. The van der Waals surface area contributed by atoms with Gasteiger partial charge in [0.1, 0.15) is 16.9 Å². The highest BCUT2D eigenvalue weighted by molar-refractivity contribution is 6.14. The predicted octanol–water partition coefficient (Wildman–Crippen LogP) is 17.5. The molecule has 9 aromatic carbocycles. The van der Waals surface area contributed by atoms with Crippen LogP contribution in [-0.4, -0.2) is 24.1 Å². The molecule has 1 atom stereocenters. The summed E-state index contributed by atoms with van der Waals surface area (Å²) in [5.74, 6) is 2.61. The smallest absolute Gasteiger partial charge is 0.180 e. The number of rotatable bonds is 10. The van der Waals surface area contributed by atoms with Gasteiger partial charge in [-0.15, -0.1) is 9.90 Å². The van der Waals surface area contributed by atoms with Gasteiger partial charge in [-0.1, -0.05) is 149 Å². The van der Waals surface area contributed by atoms with Crippen molar-refractivity contribution in [2.45, 2.75) is 40.5 Å². The number of hydrogen-bond acceptors (Lipinski definition) is 4. The van der Waals surface area contributed by atoms with Crippen molar-refractivity contribution in [1.29, 1.82) is 0 Å². The van der Waals surface area contributed by atoms with Crippen LogP contribution in [0.2, 0.25) is 0 Å². The van der Waals surface area contributed by atoms with Crippen molar-refractivity contribution in [2.75, 3.05) is 0 Å². The van der Waals surface area contributed by atoms with E-state index in [0.717, 1.165) is 117 Å². The zero-order valence-electron chi connectivity index (χ0n) is 40.7. The summed E-state index contributed by atoms with van der Waals surface area (Å²) >= 11 is 0. The van der Waals surface area contributed by atoms with Crippen molar-refractivity contribution in [2.24, 2.45) is 17.8 Å². The third kappa shape index (κ3) is 6.71. The SMILES string of the molecule is CC(C)CC(Cc1cccc(-c2cc(-n3ncc(-n4c5ccccc5c5cc(-c6ccc7oc8c(-n9c%10ccccc%10c%10ccccc%109)cccc8c7c6)ccc54)n3)c3oc4ccccc4c3c2)c1)C(C)C. The molecule has 0 bridgehead atoms. The Morgan fingerprint density at radius 2 is 1.00 bits per heavy atom. The first-order valence-electron chi connectivity index (χ1n) is 25.3. The van der Waals surface area contributed by atoms with Crippen LogP contribution in [-0.2, 0) is 6.42 Å². The molecule has 5 heterocycles. The summed E-state index contributed by atoms with van der Waals surface area (Å²) in [4.78, 5) is 1.75. The molecule has 5 aromatic heterocycles. The first-order chi connectivity index (χ1) is 35.3. The number of para-hydroxylation sites is 5. The second-order valence-electron chi connectivity index (χ2n) is 20.4. The standard InChI is InChI=1S/C65H51N5O2/c1-39(2)31-45(40(3)4)33-41-15-13-16-42(32-41)46-36-54-50-20-8-12-26-61(50)71-65(54)60(37-46)70-66-38-63(67-70)69-57-24-11-7-19-49(57)52-34-43(27-29-58(52)69)44-28-30-62-53(35-44)51-21-14-25-59(64(51)72-62)68-55-22-9-5-17-47(55)48-18-6-10-23-56(48)68/h5-30,32,34-40,45H,31,33H2,1-4H3. The van der Waals surface area contributed by atoms with E-state index >= 15 is 0 Å². The van der Waals surface area contributed by atoms with Gasteiger partial charge in [0.25, 0.3) is 0 Å². The van der Waals surface area contributed by atoms with Gasteiger partial charge in [0.05, 0.1) is 34.0 Å². The maximum Gasteiger partial charge on any atom is 0.180 e. The van der Waals surface area contributed by atoms with E-state index in [0.29, 0.717) is 17.8 Å². The Kier molecular flexibility index (Phi) is 9.65. The van der Waals surface area contributed by atoms with Crippen LogP contribution < -0.4 is 0 Å². The van der Waals surface area contributed by atoms with E-state index < -0.39 is 0 Å². The van der Waals surface area contributed by atoms with Crippen molar-refractivity contribution in [3.63, 3.8) is 0 Å². The molecule has 0 aliphatic carbocycles. The molecular formula is C65H51N5O2. The highest BCUT2D eigenvalue weighted by Gasteiger charge is 2.22. The monoisotopic (exact) mass is 933 g/mol. The van der Waals surface area contributed by atoms with Gasteiger partial charge in [-0.25, -0.2) is 0 Å². The van der Waals surface area contributed by atoms with Gasteiger partial charge >= 0.3 is 0 Å². The van der Waals surface area contributed by atoms with E-state index in [-0.39, 0.29) is 0 Å². The minimum Gasteiger partial charge on any atom is -0.454 e. The minimum atomic E-state index is 0.612. The molecule has 0 aliphatic heterocycles. The lowest BCUT2D eigenvalue weighted by Gasteiger charge is -2.23. The zero-order chi connectivity index (χ0) is 48.2. The average Bonchev–Trinajstić information content (AvgIpc) is 4.25. The van der Waals surface area contributed by atoms with Crippen LogP contribution in [0.5, 0.6) is 0 Å². The molecule has 7 nitrogen and oxygen atoms in total. The van der Waals surface area contributed by atoms with E-state index in [9.17, 15) is 0 Å². The molecular weight excluding hydrogens is 883 g/mol. The molecule has 72 heavy (non-hydrogen) atoms. The highest BCUT2D eigenvalue weighted by Crippen LogP contribution is 2.42. The number of fused-ring (bicyclic) bond motifs is 12. The Balaban J connectivity index is 0.861. The first-order valence-corrected chi connectivity index (χ1v) is 25.3. The van der Waals surface area contributed by atoms with Crippen molar-refractivity contribution < 1.29 is 8.83 Å². The summed E-state index contributed by atoms with van der Waals surface area (Å²) in [7, 11) is 0. The van der Waals surface area contributed by atoms with Gasteiger partial charge in [0.2, 0.25) is 0 Å². The highest BCUT2D eigenvalue weighted by atomic mass is 16.3. The second-order valence-corrected chi connectivity index (χ2v) is 20.4. The molecule has 0 saturated carbocycles. The van der Waals surface area contributed by atoms with Crippen molar-refractivity contribution >= 4 is 87.5 Å². The zero-order valence-corrected chi connectivity index (χ0v) is 40.7. The fourth-order valence-electron chi connectivity index (χ4n) is 11.7. The summed E-state index contributed by atoms with van der Waals surface area (Å²) in [5.41, 5.74) is 15.4. The Hall–Kier alpha value is -8.68. The average molecular weight is 934 g/mol. The molecule has 1 unspecified atom stereocenters. The fraction of sp³-hybridized carbons (Fsp3) is 0.138. The van der Waals surface area contributed by atoms with E-state index in [4.69, 9.17) is 19.0 Å². The molecule has 0 radical (unpaired) electrons. The number of hydrogen-bond donors (Lipinski definition) is 0. The van der Waals surface area contributed by atoms with Crippen LogP contribution in [0.4, 0.5) is 0 Å². The maximum absolute atomic E-state index is 6.77. The number of nitrogens with zero attached hydrogens (tertiary/aromatic N) is 5. The van der Waals surface area contributed by atoms with Gasteiger partial charge in [-0.05, 0) is 125 Å². The summed E-state index contributed by atoms with van der Waals surface area (Å²) in [6.45, 7) is 9.38. The van der Waals surface area contributed by atoms with E-state index in [1.165, 1.54) is 28.3 Å². The van der Waals surface area contributed by atoms with Gasteiger partial charge < -0.3 is 13.4 Å². The molecule has 0 fully saturated rings. The fourth-order valence-corrected chi connectivity index (χ4v) is 11.7. The molecule has 0 saturated heterocycles. The van der Waals surface area contributed by atoms with Crippen molar-refractivity contribution in [1.82, 2.24) is 24.1 Å². The first kappa shape index (κ1) is 42.2. The van der Waals surface area contributed by atoms with Crippen LogP contribution in [0.25, 0.3) is 127 Å². The Morgan fingerprint density at radius 3 is 1.74 bits per heavy atom. The molecule has 14 aromatic rings. The number of furan rings is 2. The molecule has 0 N–H and O–H groups in total. The number of benzene rings is 9. The molecule has 0 amide bonds. The Morgan fingerprint density at radius 1 is 0.431 bits per heavy atom. The summed E-state index contributed by atoms with van der Waals surface area (Å²) in [5, 5.41) is 19.3. The third-order valence-corrected chi connectivity index (χ3v) is 15.2. The summed E-state index contributed by atoms with van der Waals surface area (Å²) in [6.07, 6.45) is 4.14. The maximum atomic E-state index is 6.77. The lowest BCUT2D eigenvalue weighted by Crippen LogP contribution is -2.14. The van der Waals surface area contributed by atoms with E-state index in [1.807, 2.05) is 18.3 Å². The van der Waals surface area contributed by atoms with Gasteiger partial charge in [0, 0.05) is 43.1 Å². The minimum absolute atomic E-state index is 0.612. The van der Waals surface area contributed by atoms with Gasteiger partial charge in [0.15, 0.2) is 17.0 Å². The van der Waals surface area contributed by atoms with Crippen molar-refractivity contribution in [3.8, 4) is 39.4 Å². The molecule has 14 rings (SSSR count). The Bertz CT molecular complexity index is 4390. The van der Waals surface area contributed by atoms with Crippen LogP contribution in [0, 0.1) is 17.8 Å². The lowest BCUT2D eigenvalue weighted by molar-refractivity contribution is 0.315. The largest absolute Gasteiger partial charge is 0.454 e. The van der Waals surface area contributed by atoms with Crippen LogP contribution in [0.1, 0.15) is 39.7 Å². The van der Waals surface area contributed by atoms with E-state index in [2.05, 4.69) is 213 Å². The van der Waals surface area contributed by atoms with Crippen molar-refractivity contribution in [3.05, 3.63) is 200 Å². The topological polar surface area (TPSA) is 66.8 Å². The quantitative estimate of drug-likeness (QED) is 0.137. The van der Waals surface area contributed by atoms with Crippen LogP contribution >= 0.6 is 0 Å². The lowest BCUT2D eigenvalue weighted by atomic mass is 9.82. The Labute approximate surface area is 416 Å². The molecule has 348 valence electrons. The predicted molar refractivity (Wildman–Crippen MR) is 297 cm³/mol. The van der Waals surface area contributed by atoms with Gasteiger partial charge in [-0.2, -0.15) is 5.10 Å². The summed E-state index contributed by atoms with van der Waals surface area (Å²) in [6, 6.07) is 67.4. The van der Waals surface area contributed by atoms with E-state index in [1.54, 1.807) is 4.80 Å². The third-order valence-electron chi connectivity index (χ3n) is 15.2. The van der Waals surface area contributed by atoms with Crippen LogP contribution in [0.3, 0.4) is 0 Å². The molecule has 7 heteroatoms. The van der Waals surface area contributed by atoms with Gasteiger partial charge in [-0.3, -0.25) is 4.57 Å². The normalized spacial score (nSPS) is 12.8. The molecule has 0 spiro atoms. The summed E-state index contributed by atoms with van der Waals surface area (Å²) < 4.78 is 18.0. The molecule has 0 aliphatic rings. The van der Waals surface area contributed by atoms with Crippen LogP contribution in [0.15, 0.2) is 203 Å².